The van der Waals surface area contributed by atoms with Crippen LogP contribution in [-0.2, 0) is 9.53 Å². The first-order chi connectivity index (χ1) is 14.2. The van der Waals surface area contributed by atoms with Crippen LogP contribution in [0, 0.1) is 13.8 Å². The van der Waals surface area contributed by atoms with E-state index in [0.29, 0.717) is 26.6 Å². The van der Waals surface area contributed by atoms with Gasteiger partial charge in [0.2, 0.25) is 11.1 Å². The first kappa shape index (κ1) is 21.7. The molecule has 3 rings (SSSR count). The predicted molar refractivity (Wildman–Crippen MR) is 117 cm³/mol. The Labute approximate surface area is 185 Å². The number of carbonyl (C=O) groups is 2. The number of benzene rings is 2. The Morgan fingerprint density at radius 1 is 1.13 bits per heavy atom. The number of nitrogens with one attached hydrogen (secondary N) is 1. The summed E-state index contributed by atoms with van der Waals surface area (Å²) in [4.78, 5) is 36.7. The van der Waals surface area contributed by atoms with Crippen molar-refractivity contribution >= 4 is 45.1 Å². The lowest BCUT2D eigenvalue weighted by Gasteiger charge is -2.11. The molecule has 1 heterocycles. The van der Waals surface area contributed by atoms with E-state index in [1.807, 2.05) is 19.1 Å². The van der Waals surface area contributed by atoms with E-state index in [9.17, 15) is 14.4 Å². The topological polar surface area (TPSA) is 90.3 Å². The zero-order chi connectivity index (χ0) is 21.8. The van der Waals surface area contributed by atoms with Gasteiger partial charge in [-0.3, -0.25) is 9.59 Å². The number of aromatic nitrogens is 2. The third-order valence-corrected chi connectivity index (χ3v) is 5.01. The summed E-state index contributed by atoms with van der Waals surface area (Å²) in [6.45, 7) is 3.05. The Morgan fingerprint density at radius 3 is 2.50 bits per heavy atom. The number of amides is 1. The van der Waals surface area contributed by atoms with E-state index in [-0.39, 0.29) is 0 Å². The first-order valence-electron chi connectivity index (χ1n) is 8.84. The number of nitrogens with zero attached hydrogens (tertiary/aromatic N) is 2. The lowest BCUT2D eigenvalue weighted by molar-refractivity contribution is -0.119. The summed E-state index contributed by atoms with van der Waals surface area (Å²) in [5, 5.41) is 7.28. The highest BCUT2D eigenvalue weighted by Crippen LogP contribution is 2.23. The van der Waals surface area contributed by atoms with Crippen molar-refractivity contribution in [3.8, 4) is 5.69 Å². The molecule has 9 heteroatoms. The molecule has 3 aromatic rings. The van der Waals surface area contributed by atoms with Crippen LogP contribution in [0.3, 0.4) is 0 Å². The molecule has 0 spiro atoms. The van der Waals surface area contributed by atoms with Gasteiger partial charge in [-0.25, -0.2) is 9.48 Å². The van der Waals surface area contributed by atoms with E-state index in [2.05, 4.69) is 26.3 Å². The van der Waals surface area contributed by atoms with Crippen molar-refractivity contribution in [1.82, 2.24) is 9.78 Å². The molecule has 0 fully saturated rings. The van der Waals surface area contributed by atoms with Crippen LogP contribution in [0.2, 0.25) is 5.02 Å². The number of aryl methyl sites for hydroxylation is 2. The van der Waals surface area contributed by atoms with Gasteiger partial charge in [0, 0.05) is 21.3 Å². The van der Waals surface area contributed by atoms with Crippen LogP contribution in [0.15, 0.2) is 57.8 Å². The molecule has 0 aliphatic rings. The fourth-order valence-electron chi connectivity index (χ4n) is 2.64. The normalized spacial score (nSPS) is 10.5. The second-order valence-electron chi connectivity index (χ2n) is 6.49. The van der Waals surface area contributed by atoms with Gasteiger partial charge < -0.3 is 10.1 Å². The predicted octanol–water partition coefficient (Wildman–Crippen LogP) is 4.06. The fraction of sp³-hybridized carbons (Fsp3) is 0.143. The molecule has 154 valence electrons. The van der Waals surface area contributed by atoms with Crippen molar-refractivity contribution in [2.45, 2.75) is 13.8 Å². The lowest BCUT2D eigenvalue weighted by atomic mass is 10.2. The van der Waals surface area contributed by atoms with Gasteiger partial charge >= 0.3 is 5.97 Å². The molecule has 0 aliphatic carbocycles. The van der Waals surface area contributed by atoms with Crippen molar-refractivity contribution in [3.63, 3.8) is 0 Å². The van der Waals surface area contributed by atoms with E-state index in [0.717, 1.165) is 5.56 Å². The standard InChI is InChI=1S/C21H17BrClN3O4/c1-12-3-8-17(16(22)9-12)24-19(28)11-30-21(29)20-18(27)10-13(2)26(25-20)15-6-4-14(23)5-7-15/h3-10H,11H2,1-2H3,(H,24,28). The first-order valence-corrected chi connectivity index (χ1v) is 10.0. The highest BCUT2D eigenvalue weighted by atomic mass is 79.9. The van der Waals surface area contributed by atoms with E-state index in [4.69, 9.17) is 16.3 Å². The number of carbonyl (C=O) groups excluding carboxylic acids is 2. The van der Waals surface area contributed by atoms with Crippen LogP contribution in [0.1, 0.15) is 21.7 Å². The van der Waals surface area contributed by atoms with Gasteiger partial charge in [0.05, 0.1) is 11.4 Å². The number of halogens is 2. The minimum Gasteiger partial charge on any atom is -0.451 e. The number of anilines is 1. The Morgan fingerprint density at radius 2 is 1.83 bits per heavy atom. The average Bonchev–Trinajstić information content (AvgIpc) is 2.69. The van der Waals surface area contributed by atoms with Crippen molar-refractivity contribution in [2.75, 3.05) is 11.9 Å². The minimum atomic E-state index is -0.985. The largest absolute Gasteiger partial charge is 0.451 e. The summed E-state index contributed by atoms with van der Waals surface area (Å²) in [5.74, 6) is -1.53. The second-order valence-corrected chi connectivity index (χ2v) is 7.79. The van der Waals surface area contributed by atoms with Gasteiger partial charge in [0.1, 0.15) is 0 Å². The number of esters is 1. The molecule has 0 unspecified atom stereocenters. The molecule has 0 atom stereocenters. The van der Waals surface area contributed by atoms with Crippen LogP contribution >= 0.6 is 27.5 Å². The molecular formula is C21H17BrClN3O4. The molecule has 1 amide bonds. The Hall–Kier alpha value is -2.97. The number of rotatable bonds is 5. The number of hydrogen-bond donors (Lipinski definition) is 1. The number of ether oxygens (including phenoxy) is 1. The van der Waals surface area contributed by atoms with Gasteiger partial charge in [-0.05, 0) is 71.7 Å². The summed E-state index contributed by atoms with van der Waals surface area (Å²) in [6.07, 6.45) is 0. The molecule has 7 nitrogen and oxygen atoms in total. The Balaban J connectivity index is 1.73. The highest BCUT2D eigenvalue weighted by molar-refractivity contribution is 9.10. The van der Waals surface area contributed by atoms with Crippen molar-refractivity contribution in [2.24, 2.45) is 0 Å². The Bertz CT molecular complexity index is 1180. The van der Waals surface area contributed by atoms with Crippen LogP contribution in [0.5, 0.6) is 0 Å². The quantitative estimate of drug-likeness (QED) is 0.545. The molecule has 30 heavy (non-hydrogen) atoms. The number of hydrogen-bond acceptors (Lipinski definition) is 5. The van der Waals surface area contributed by atoms with Crippen molar-refractivity contribution < 1.29 is 14.3 Å². The third kappa shape index (κ3) is 5.14. The maximum atomic E-state index is 12.4. The maximum absolute atomic E-state index is 12.4. The second kappa shape index (κ2) is 9.23. The molecule has 0 saturated heterocycles. The fourth-order valence-corrected chi connectivity index (χ4v) is 3.36. The molecule has 1 aromatic heterocycles. The highest BCUT2D eigenvalue weighted by Gasteiger charge is 2.18. The third-order valence-electron chi connectivity index (χ3n) is 4.11. The Kier molecular flexibility index (Phi) is 6.69. The van der Waals surface area contributed by atoms with Crippen LogP contribution < -0.4 is 10.7 Å². The van der Waals surface area contributed by atoms with Gasteiger partial charge in [-0.15, -0.1) is 0 Å². The summed E-state index contributed by atoms with van der Waals surface area (Å²) >= 11 is 9.26. The average molecular weight is 491 g/mol. The molecular weight excluding hydrogens is 474 g/mol. The lowest BCUT2D eigenvalue weighted by Crippen LogP contribution is -2.27. The van der Waals surface area contributed by atoms with Crippen molar-refractivity contribution in [3.05, 3.63) is 85.2 Å². The van der Waals surface area contributed by atoms with E-state index in [1.165, 1.54) is 10.7 Å². The molecule has 0 aliphatic heterocycles. The van der Waals surface area contributed by atoms with Crippen LogP contribution in [0.25, 0.3) is 5.69 Å². The van der Waals surface area contributed by atoms with Gasteiger partial charge in [0.25, 0.3) is 5.91 Å². The summed E-state index contributed by atoms with van der Waals surface area (Å²) < 4.78 is 7.12. The molecule has 1 N–H and O–H groups in total. The SMILES string of the molecule is Cc1ccc(NC(=O)COC(=O)c2nn(-c3ccc(Cl)cc3)c(C)cc2=O)c(Br)c1. The zero-order valence-electron chi connectivity index (χ0n) is 16.1. The van der Waals surface area contributed by atoms with Crippen molar-refractivity contribution in [1.29, 1.82) is 0 Å². The summed E-state index contributed by atoms with van der Waals surface area (Å²) in [5.41, 5.74) is 1.70. The molecule has 2 aromatic carbocycles. The van der Waals surface area contributed by atoms with E-state index >= 15 is 0 Å². The maximum Gasteiger partial charge on any atom is 0.363 e. The zero-order valence-corrected chi connectivity index (χ0v) is 18.5. The van der Waals surface area contributed by atoms with Crippen LogP contribution in [0.4, 0.5) is 5.69 Å². The molecule has 0 bridgehead atoms. The summed E-state index contributed by atoms with van der Waals surface area (Å²) in [6, 6.07) is 13.4. The van der Waals surface area contributed by atoms with E-state index < -0.39 is 29.6 Å². The minimum absolute atomic E-state index is 0.417. The summed E-state index contributed by atoms with van der Waals surface area (Å²) in [7, 11) is 0. The van der Waals surface area contributed by atoms with Gasteiger partial charge in [-0.2, -0.15) is 5.10 Å². The smallest absolute Gasteiger partial charge is 0.363 e. The molecule has 0 saturated carbocycles. The van der Waals surface area contributed by atoms with Crippen LogP contribution in [-0.4, -0.2) is 28.3 Å². The monoisotopic (exact) mass is 489 g/mol. The molecule has 0 radical (unpaired) electrons. The van der Waals surface area contributed by atoms with Gasteiger partial charge in [-0.1, -0.05) is 17.7 Å². The van der Waals surface area contributed by atoms with Gasteiger partial charge in [0.15, 0.2) is 6.61 Å². The van der Waals surface area contributed by atoms with E-state index in [1.54, 1.807) is 37.3 Å².